The quantitative estimate of drug-likeness (QED) is 0.0303. The Hall–Kier alpha value is -12.2. The van der Waals surface area contributed by atoms with Crippen molar-refractivity contribution >= 4 is 52.3 Å². The Morgan fingerprint density at radius 1 is 0.385 bits per heavy atom. The van der Waals surface area contributed by atoms with Crippen molar-refractivity contribution in [2.24, 2.45) is 47.7 Å². The van der Waals surface area contributed by atoms with Crippen LogP contribution in [0.1, 0.15) is 296 Å². The van der Waals surface area contributed by atoms with E-state index in [9.17, 15) is 52.5 Å². The molecule has 10 aromatic rings. The van der Waals surface area contributed by atoms with Gasteiger partial charge in [0, 0.05) is 56.0 Å². The minimum absolute atomic E-state index is 0. The minimum atomic E-state index is -1.58. The first-order valence-electron chi connectivity index (χ1n) is 43.3. The highest BCUT2D eigenvalue weighted by Crippen LogP contribution is 2.25. The van der Waals surface area contributed by atoms with E-state index in [1.807, 2.05) is 102 Å². The van der Waals surface area contributed by atoms with Gasteiger partial charge in [0.15, 0.2) is 11.6 Å². The summed E-state index contributed by atoms with van der Waals surface area (Å²) in [6, 6.07) is 71.5. The number of benzene rings is 8. The zero-order valence-electron chi connectivity index (χ0n) is 85.7. The number of amidine groups is 1. The molecule has 2 aliphatic heterocycles. The van der Waals surface area contributed by atoms with Gasteiger partial charge in [0.2, 0.25) is 5.43 Å². The van der Waals surface area contributed by atoms with E-state index in [1.165, 1.54) is 7.05 Å². The van der Waals surface area contributed by atoms with Gasteiger partial charge in [-0.25, -0.2) is 34.1 Å². The third-order valence-electron chi connectivity index (χ3n) is 11.9. The maximum Gasteiger partial charge on any atom is 0.440 e. The molecule has 1 unspecified atom stereocenters. The van der Waals surface area contributed by atoms with E-state index in [4.69, 9.17) is 10.3 Å². The smallest absolute Gasteiger partial charge is 0.440 e. The molecule has 0 saturated heterocycles. The molecule has 4 amide bonds. The van der Waals surface area contributed by atoms with Crippen molar-refractivity contribution in [3.05, 3.63) is 323 Å². The average molecular weight is 1890 g/mol. The lowest BCUT2D eigenvalue weighted by Gasteiger charge is -2.06. The molecular formula is C110H170N8O16S. The zero-order valence-corrected chi connectivity index (χ0v) is 86.5. The SMILES string of the molecule is C.C.C.CC(C)(C)C.CC(C)(C)C.CC(C)(C)C.CC(C)(C)C.CC(C)(C)C.CC(C)(C)C.CC(C)(C)C.CC(C)(C)C.CN(O)C(=O)c1ccccc1.CNC(=O)c1ccccc1.CNC(=O)c1ccccc1.CNC(=O)c1ccccc1.O=C1OCC(O)=C1c1ccccc1.O=S1N=C(c2ccccc2)NO1.O=c1[nH]c(=O)n(-c2ccccc2)o1.O=c1c(O)c(-c2ccccc2)c1=O. The molecule has 0 radical (unpaired) electrons. The van der Waals surface area contributed by atoms with Crippen LogP contribution in [0.3, 0.4) is 0 Å². The molecule has 1 atom stereocenters. The average Bonchev–Trinajstić information content (AvgIpc) is 1.45. The summed E-state index contributed by atoms with van der Waals surface area (Å²) in [5.74, 6) is -1.63. The number of hydroxylamine groups is 3. The number of aliphatic hydroxyl groups excluding tert-OH is 1. The number of ether oxygens (including phenoxy) is 1. The number of aromatic amines is 1. The summed E-state index contributed by atoms with van der Waals surface area (Å²) in [6.07, 6.45) is 0. The monoisotopic (exact) mass is 1890 g/mol. The lowest BCUT2D eigenvalue weighted by atomic mass is 10.0. The van der Waals surface area contributed by atoms with Crippen LogP contribution in [-0.2, 0) is 25.1 Å². The molecule has 0 saturated carbocycles. The number of aromatic hydroxyl groups is 1. The molecule has 2 aliphatic rings. The fraction of sp³-hybridized carbons (Fsp3) is 0.436. The van der Waals surface area contributed by atoms with Crippen LogP contribution in [0.15, 0.2) is 277 Å². The van der Waals surface area contributed by atoms with Crippen LogP contribution in [-0.4, -0.2) is 105 Å². The number of esters is 1. The predicted octanol–water partition coefficient (Wildman–Crippen LogP) is 25.4. The number of nitrogens with zero attached hydrogens (tertiary/aromatic N) is 3. The first kappa shape index (κ1) is 136. The zero-order chi connectivity index (χ0) is 103. The Bertz CT molecular complexity index is 4800. The van der Waals surface area contributed by atoms with Crippen LogP contribution in [0, 0.1) is 43.3 Å². The number of cyclic esters (lactones) is 1. The molecule has 25 heteroatoms. The summed E-state index contributed by atoms with van der Waals surface area (Å²) < 4.78 is 29.1. The first-order valence-corrected chi connectivity index (χ1v) is 44.3. The lowest BCUT2D eigenvalue weighted by molar-refractivity contribution is -0.134. The predicted molar refractivity (Wildman–Crippen MR) is 567 cm³/mol. The van der Waals surface area contributed by atoms with E-state index in [2.05, 4.69) is 261 Å². The maximum absolute atomic E-state index is 11.1. The van der Waals surface area contributed by atoms with E-state index in [-0.39, 0.29) is 63.5 Å². The summed E-state index contributed by atoms with van der Waals surface area (Å²) >= 11 is -1.58. The molecule has 135 heavy (non-hydrogen) atoms. The molecule has 24 nitrogen and oxygen atoms in total. The van der Waals surface area contributed by atoms with E-state index in [0.29, 0.717) is 93.3 Å². The Labute approximate surface area is 813 Å². The van der Waals surface area contributed by atoms with Gasteiger partial charge in [0.25, 0.3) is 29.1 Å². The van der Waals surface area contributed by atoms with Gasteiger partial charge in [0.05, 0.1) is 11.3 Å². The molecule has 8 N–H and O–H groups in total. The van der Waals surface area contributed by atoms with Gasteiger partial charge >= 0.3 is 28.7 Å². The number of H-pyrrole nitrogens is 1. The van der Waals surface area contributed by atoms with Crippen LogP contribution in [0.2, 0.25) is 0 Å². The molecule has 1 aromatic heterocycles. The second-order valence-corrected chi connectivity index (χ2v) is 43.0. The number of aliphatic hydroxyl groups is 1. The van der Waals surface area contributed by atoms with Crippen molar-refractivity contribution < 1.29 is 57.1 Å². The standard InChI is InChI=1S/C10H8O3.C10H6O3.C8H6N2O3.C8H9NO2.3C8H9NO.C7H6N2O2S.8C5H12.3CH4/c11-8-6-13-10(12)9(8)7-4-2-1-3-5-7;11-8-7(9(12)10(8)13)6-4-2-1-3-5-6;11-7-9-8(12)13-10(7)6-4-2-1-3-5-6;1-9(11)8(10)7-5-3-2-4-6-7;3*1-9-8(10)7-5-3-2-4-6-7;10-12-9-7(8-11-12)6-4-2-1-3-5-6;8*1-5(2,3)4;;;/h1-5,11H,6H2;1-5,11H;1-5H,(H,9,11,12);2-6,11H,1H3;3*2-6H,1H3,(H,9,10);1-5H,(H,8,9);8*1-4H3;3*1H4. The largest absolute Gasteiger partial charge is 0.508 e. The van der Waals surface area contributed by atoms with Crippen molar-refractivity contribution in [3.8, 4) is 22.6 Å². The van der Waals surface area contributed by atoms with E-state index < -0.39 is 51.2 Å². The number of carbonyl (C=O) groups is 5. The van der Waals surface area contributed by atoms with Gasteiger partial charge in [0.1, 0.15) is 17.9 Å². The lowest BCUT2D eigenvalue weighted by Crippen LogP contribution is -2.31. The first-order chi connectivity index (χ1) is 60.4. The highest BCUT2D eigenvalue weighted by Gasteiger charge is 2.26. The summed E-state index contributed by atoms with van der Waals surface area (Å²) in [5, 5.41) is 35.4. The van der Waals surface area contributed by atoms with Crippen LogP contribution < -0.4 is 43.7 Å². The number of amides is 4. The Morgan fingerprint density at radius 2 is 0.637 bits per heavy atom. The van der Waals surface area contributed by atoms with Crippen molar-refractivity contribution in [1.82, 2.24) is 36.2 Å². The number of para-hydroxylation sites is 1. The minimum Gasteiger partial charge on any atom is -0.508 e. The van der Waals surface area contributed by atoms with Crippen LogP contribution in [0.4, 0.5) is 0 Å². The number of hydrogen-bond donors (Lipinski definition) is 8. The van der Waals surface area contributed by atoms with E-state index in [1.54, 1.807) is 167 Å². The van der Waals surface area contributed by atoms with Crippen molar-refractivity contribution in [2.75, 3.05) is 34.8 Å². The van der Waals surface area contributed by atoms with Gasteiger partial charge in [-0.05, 0) is 115 Å². The molecule has 0 bridgehead atoms. The highest BCUT2D eigenvalue weighted by molar-refractivity contribution is 7.79. The summed E-state index contributed by atoms with van der Waals surface area (Å²) in [6.45, 7) is 70.0. The molecular weight excluding hydrogens is 1720 g/mol. The van der Waals surface area contributed by atoms with Gasteiger partial charge < -0.3 is 35.4 Å². The third kappa shape index (κ3) is 84.5. The van der Waals surface area contributed by atoms with Crippen molar-refractivity contribution in [2.45, 2.75) is 244 Å². The van der Waals surface area contributed by atoms with E-state index >= 15 is 0 Å². The fourth-order valence-electron chi connectivity index (χ4n) is 7.42. The number of aromatic nitrogens is 2. The second kappa shape index (κ2) is 68.7. The summed E-state index contributed by atoms with van der Waals surface area (Å²) in [5.41, 5.74) is 10.2. The second-order valence-electron chi connectivity index (χ2n) is 42.2. The number of rotatable bonds is 8. The Morgan fingerprint density at radius 3 is 0.859 bits per heavy atom. The van der Waals surface area contributed by atoms with Gasteiger partial charge in [-0.15, -0.1) is 9.14 Å². The topological polar surface area (TPSA) is 347 Å². The van der Waals surface area contributed by atoms with E-state index in [0.717, 1.165) is 10.3 Å². The number of carbonyl (C=O) groups excluding carboxylic acids is 5. The molecule has 12 rings (SSSR count). The summed E-state index contributed by atoms with van der Waals surface area (Å²) in [4.78, 5) is 100. The Kier molecular flexibility index (Phi) is 69.2. The molecule has 0 spiro atoms. The van der Waals surface area contributed by atoms with Gasteiger partial charge in [-0.1, -0.05) is 426 Å². The van der Waals surface area contributed by atoms with Crippen molar-refractivity contribution in [3.63, 3.8) is 0 Å². The Balaban J connectivity index is -0.000000262. The van der Waals surface area contributed by atoms with Crippen molar-refractivity contribution in [1.29, 1.82) is 0 Å². The molecule has 752 valence electrons. The molecule has 0 fully saturated rings. The normalized spacial score (nSPS) is 11.8. The molecule has 0 aliphatic carbocycles. The number of nitrogens with one attached hydrogen (secondary N) is 5. The molecule has 9 aromatic carbocycles. The number of hydrogen-bond acceptors (Lipinski definition) is 17. The van der Waals surface area contributed by atoms with Gasteiger partial charge in [-0.3, -0.25) is 34.0 Å². The van der Waals surface area contributed by atoms with Crippen LogP contribution in [0.25, 0.3) is 22.4 Å². The molecule has 3 heterocycles. The fourth-order valence-corrected chi connectivity index (χ4v) is 7.90. The summed E-state index contributed by atoms with van der Waals surface area (Å²) in [7, 11) is 6.16. The van der Waals surface area contributed by atoms with Crippen LogP contribution in [0.5, 0.6) is 5.75 Å². The third-order valence-corrected chi connectivity index (χ3v) is 12.5. The van der Waals surface area contributed by atoms with Crippen LogP contribution >= 0.6 is 0 Å². The maximum atomic E-state index is 11.1. The van der Waals surface area contributed by atoms with Gasteiger partial charge in [-0.2, -0.15) is 4.28 Å². The highest BCUT2D eigenvalue weighted by atomic mass is 32.2.